The molecule has 5 rings (SSSR count). The summed E-state index contributed by atoms with van der Waals surface area (Å²) in [4.78, 5) is 65.0. The molecule has 0 radical (unpaired) electrons. The first-order valence-corrected chi connectivity index (χ1v) is 20.7. The maximum atomic E-state index is 8.91. The van der Waals surface area contributed by atoms with E-state index in [1.165, 1.54) is 32.3 Å². The maximum absolute atomic E-state index is 8.91. The van der Waals surface area contributed by atoms with Crippen molar-refractivity contribution >= 4 is 95.5 Å². The Balaban J connectivity index is -0.000000318. The van der Waals surface area contributed by atoms with Crippen LogP contribution in [0.3, 0.4) is 0 Å². The van der Waals surface area contributed by atoms with Crippen LogP contribution in [-0.4, -0.2) is 29.7 Å². The van der Waals surface area contributed by atoms with E-state index in [1.54, 1.807) is 6.08 Å². The van der Waals surface area contributed by atoms with Crippen molar-refractivity contribution in [1.82, 2.24) is 0 Å². The average molecular weight is 1040 g/mol. The Morgan fingerprint density at radius 1 is 0.484 bits per heavy atom. The molecule has 5 aromatic rings. The molecule has 5 aromatic carbocycles. The van der Waals surface area contributed by atoms with Crippen LogP contribution in [0.25, 0.3) is 6.08 Å². The van der Waals surface area contributed by atoms with Gasteiger partial charge in [0.05, 0.1) is 6.61 Å². The number of benzene rings is 5. The molecule has 0 heterocycles. The Hall–Kier alpha value is -5.84. The number of aliphatic hydroxyl groups excluding tert-OH is 1. The normalized spacial score (nSPS) is 8.37. The van der Waals surface area contributed by atoms with Gasteiger partial charge in [0.1, 0.15) is 0 Å². The van der Waals surface area contributed by atoms with E-state index >= 15 is 0 Å². The molecule has 0 amide bonds. The quantitative estimate of drug-likeness (QED) is 0.120. The molecule has 0 saturated heterocycles. The van der Waals surface area contributed by atoms with Crippen LogP contribution in [0.15, 0.2) is 111 Å². The third kappa shape index (κ3) is 27.8. The highest BCUT2D eigenvalue weighted by atomic mass is 79.9. The molecule has 0 atom stereocenters. The smallest absolute Gasteiger partial charge is 0.373 e. The second kappa shape index (κ2) is 40.6. The first kappa shape index (κ1) is 62.8. The summed E-state index contributed by atoms with van der Waals surface area (Å²) in [7, 11) is 0. The third-order valence-electron chi connectivity index (χ3n) is 8.01. The summed E-state index contributed by atoms with van der Waals surface area (Å²) in [6.45, 7) is 18.3. The molecule has 0 unspecified atom stereocenters. The summed E-state index contributed by atoms with van der Waals surface area (Å²) >= 11 is 10.3. The van der Waals surface area contributed by atoms with Gasteiger partial charge >= 0.3 is 24.6 Å². The Labute approximate surface area is 389 Å². The predicted molar refractivity (Wildman–Crippen MR) is 252 cm³/mol. The SMILES string of the molecule is C=Cc1cccc(C)c1N.CCc1cccc(C)c1Br.CCc1cccc(C)c1N.CCc1cccc(CO)c1Br.Cc1cccc(Br)c1N.O=C=O.O=C=O.O=C=O.O=C=O. The fraction of sp³-hybridized carbons (Fsp3) is 0.234. The van der Waals surface area contributed by atoms with Crippen molar-refractivity contribution in [3.05, 3.63) is 161 Å². The molecule has 332 valence electrons. The summed E-state index contributed by atoms with van der Waals surface area (Å²) in [5.41, 5.74) is 30.3. The zero-order valence-corrected chi connectivity index (χ0v) is 40.6. The van der Waals surface area contributed by atoms with Crippen LogP contribution < -0.4 is 17.2 Å². The number of rotatable bonds is 5. The van der Waals surface area contributed by atoms with Gasteiger partial charge in [-0.05, 0) is 119 Å². The zero-order valence-electron chi connectivity index (χ0n) is 35.9. The lowest BCUT2D eigenvalue weighted by atomic mass is 10.1. The van der Waals surface area contributed by atoms with E-state index in [0.29, 0.717) is 0 Å². The van der Waals surface area contributed by atoms with Gasteiger partial charge in [-0.2, -0.15) is 38.4 Å². The number of anilines is 3. The minimum atomic E-state index is 0.106. The van der Waals surface area contributed by atoms with Gasteiger partial charge < -0.3 is 22.3 Å². The van der Waals surface area contributed by atoms with E-state index in [4.69, 9.17) is 60.7 Å². The van der Waals surface area contributed by atoms with Crippen LogP contribution >= 0.6 is 47.8 Å². The summed E-state index contributed by atoms with van der Waals surface area (Å²) in [6, 6.07) is 30.3. The highest BCUT2D eigenvalue weighted by Gasteiger charge is 2.02. The molecule has 0 aliphatic heterocycles. The molecule has 0 aliphatic carbocycles. The Morgan fingerprint density at radius 3 is 1.15 bits per heavy atom. The van der Waals surface area contributed by atoms with E-state index in [0.717, 1.165) is 67.5 Å². The molecule has 0 aliphatic rings. The molecule has 0 saturated carbocycles. The minimum Gasteiger partial charge on any atom is -0.398 e. The van der Waals surface area contributed by atoms with Crippen molar-refractivity contribution in [2.45, 2.75) is 74.3 Å². The lowest BCUT2D eigenvalue weighted by Crippen LogP contribution is -1.94. The van der Waals surface area contributed by atoms with Gasteiger partial charge in [0, 0.05) is 30.5 Å². The molecular weight excluding hydrogens is 990 g/mol. The van der Waals surface area contributed by atoms with Crippen molar-refractivity contribution in [2.24, 2.45) is 0 Å². The number of aryl methyl sites for hydroxylation is 7. The second-order valence-electron chi connectivity index (χ2n) is 11.9. The Kier molecular flexibility index (Phi) is 41.1. The number of hydrogen-bond donors (Lipinski definition) is 4. The van der Waals surface area contributed by atoms with E-state index in [1.807, 2.05) is 81.4 Å². The third-order valence-corrected chi connectivity index (χ3v) is 10.9. The van der Waals surface area contributed by atoms with Gasteiger partial charge in [-0.3, -0.25) is 0 Å². The second-order valence-corrected chi connectivity index (χ2v) is 14.3. The molecule has 7 N–H and O–H groups in total. The maximum Gasteiger partial charge on any atom is 0.373 e. The van der Waals surface area contributed by atoms with Crippen molar-refractivity contribution in [3.8, 4) is 0 Å². The molecule has 15 heteroatoms. The summed E-state index contributed by atoms with van der Waals surface area (Å²) < 4.78 is 3.28. The Morgan fingerprint density at radius 2 is 0.806 bits per heavy atom. The van der Waals surface area contributed by atoms with Gasteiger partial charge in [0.15, 0.2) is 0 Å². The minimum absolute atomic E-state index is 0.106. The van der Waals surface area contributed by atoms with Crippen LogP contribution in [0, 0.1) is 27.7 Å². The summed E-state index contributed by atoms with van der Waals surface area (Å²) in [5.74, 6) is 0. The predicted octanol–water partition coefficient (Wildman–Crippen LogP) is 10.2. The highest BCUT2D eigenvalue weighted by molar-refractivity contribution is 9.11. The van der Waals surface area contributed by atoms with Gasteiger partial charge in [0.25, 0.3) is 0 Å². The standard InChI is InChI=1S/C9H11BrO.C9H11Br.C9H13N.C9H11N.C7H8BrN.4CO2/c1-2-7-4-3-5-8(6-11)9(7)10;3*1-3-8-6-4-5-7(2)9(8)10;1-5-3-2-4-6(8)7(5)9;4*2-1-3/h3-5,11H,2,6H2,1H3;4-6H,3H2,1-2H3;4-6H,3,10H2,1-2H3;3-6H,1,10H2,2H3;2-4H,9H2,1H3;;;;. The van der Waals surface area contributed by atoms with Crippen molar-refractivity contribution < 1.29 is 43.5 Å². The number of hydrogen-bond acceptors (Lipinski definition) is 12. The van der Waals surface area contributed by atoms with E-state index in [-0.39, 0.29) is 31.2 Å². The van der Waals surface area contributed by atoms with Crippen molar-refractivity contribution in [3.63, 3.8) is 0 Å². The highest BCUT2D eigenvalue weighted by Crippen LogP contribution is 2.23. The van der Waals surface area contributed by atoms with E-state index < -0.39 is 0 Å². The number of halogens is 3. The average Bonchev–Trinajstić information content (AvgIpc) is 3.25. The van der Waals surface area contributed by atoms with Crippen molar-refractivity contribution in [1.29, 1.82) is 0 Å². The number of aliphatic hydroxyl groups is 1. The first-order chi connectivity index (χ1) is 29.4. The van der Waals surface area contributed by atoms with Gasteiger partial charge in [-0.1, -0.05) is 150 Å². The zero-order chi connectivity index (χ0) is 48.6. The summed E-state index contributed by atoms with van der Waals surface area (Å²) in [6.07, 6.45) is 5.88. The molecule has 0 spiro atoms. The molecule has 0 fully saturated rings. The number of nitrogen functional groups attached to an aromatic ring is 3. The van der Waals surface area contributed by atoms with E-state index in [2.05, 4.69) is 112 Å². The Bertz CT molecular complexity index is 2050. The fourth-order valence-corrected chi connectivity index (χ4v) is 6.27. The largest absolute Gasteiger partial charge is 0.398 e. The van der Waals surface area contributed by atoms with Crippen LogP contribution in [0.4, 0.5) is 17.1 Å². The molecule has 62 heavy (non-hydrogen) atoms. The summed E-state index contributed by atoms with van der Waals surface area (Å²) in [5, 5.41) is 8.91. The van der Waals surface area contributed by atoms with Gasteiger partial charge in [0.2, 0.25) is 0 Å². The number of nitrogens with two attached hydrogens (primary N) is 3. The lowest BCUT2D eigenvalue weighted by molar-refractivity contribution is -0.193. The van der Waals surface area contributed by atoms with Gasteiger partial charge in [-0.15, -0.1) is 0 Å². The van der Waals surface area contributed by atoms with Crippen molar-refractivity contribution in [2.75, 3.05) is 17.2 Å². The van der Waals surface area contributed by atoms with Crippen LogP contribution in [0.5, 0.6) is 0 Å². The lowest BCUT2D eigenvalue weighted by Gasteiger charge is -2.04. The fourth-order valence-electron chi connectivity index (χ4n) is 4.59. The van der Waals surface area contributed by atoms with Crippen LogP contribution in [-0.2, 0) is 64.2 Å². The van der Waals surface area contributed by atoms with E-state index in [9.17, 15) is 0 Å². The van der Waals surface area contributed by atoms with Crippen LogP contribution in [0.1, 0.15) is 70.8 Å². The van der Waals surface area contributed by atoms with Crippen LogP contribution in [0.2, 0.25) is 0 Å². The monoisotopic (exact) mass is 1040 g/mol. The number of carbonyl (C=O) groups excluding carboxylic acids is 8. The molecular formula is C47H54Br3N3O9. The topological polar surface area (TPSA) is 235 Å². The molecule has 12 nitrogen and oxygen atoms in total. The molecule has 0 bridgehead atoms. The number of para-hydroxylation sites is 3. The van der Waals surface area contributed by atoms with Gasteiger partial charge in [-0.25, -0.2) is 0 Å². The first-order valence-electron chi connectivity index (χ1n) is 18.3. The molecule has 0 aromatic heterocycles.